The Kier molecular flexibility index (Phi) is 5.12. The van der Waals surface area contributed by atoms with Crippen LogP contribution in [0.1, 0.15) is 24.2 Å². The van der Waals surface area contributed by atoms with Gasteiger partial charge in [-0.15, -0.1) is 0 Å². The van der Waals surface area contributed by atoms with Gasteiger partial charge < -0.3 is 14.0 Å². The van der Waals surface area contributed by atoms with Gasteiger partial charge in [0.05, 0.1) is 38.3 Å². The van der Waals surface area contributed by atoms with E-state index in [9.17, 15) is 8.42 Å². The summed E-state index contributed by atoms with van der Waals surface area (Å²) in [7, 11) is -2.21. The van der Waals surface area contributed by atoms with Crippen molar-refractivity contribution in [3.8, 4) is 5.75 Å². The van der Waals surface area contributed by atoms with Crippen molar-refractivity contribution in [3.05, 3.63) is 42.0 Å². The van der Waals surface area contributed by atoms with Crippen LogP contribution in [0.5, 0.6) is 5.75 Å². The smallest absolute Gasteiger partial charge is 0.247 e. The van der Waals surface area contributed by atoms with Gasteiger partial charge in [-0.3, -0.25) is 0 Å². The number of nitrogens with zero attached hydrogens (tertiary/aromatic N) is 3. The summed E-state index contributed by atoms with van der Waals surface area (Å²) < 4.78 is 40.7. The highest BCUT2D eigenvalue weighted by Gasteiger charge is 2.35. The van der Waals surface area contributed by atoms with E-state index in [1.54, 1.807) is 30.7 Å². The Hall–Kier alpha value is -1.90. The first kappa shape index (κ1) is 17.9. The van der Waals surface area contributed by atoms with E-state index in [0.717, 1.165) is 11.3 Å². The molecule has 1 aromatic heterocycles. The van der Waals surface area contributed by atoms with Gasteiger partial charge in [0, 0.05) is 19.3 Å². The molecular weight excluding hydrogens is 342 g/mol. The van der Waals surface area contributed by atoms with E-state index in [1.807, 2.05) is 18.4 Å². The Morgan fingerprint density at radius 2 is 2.16 bits per heavy atom. The van der Waals surface area contributed by atoms with E-state index in [2.05, 4.69) is 4.98 Å². The molecule has 0 fully saturated rings. The highest BCUT2D eigenvalue weighted by atomic mass is 32.2. The number of aryl methyl sites for hydroxylation is 1. The predicted molar refractivity (Wildman–Crippen MR) is 93.1 cm³/mol. The molecule has 0 unspecified atom stereocenters. The van der Waals surface area contributed by atoms with E-state index in [4.69, 9.17) is 9.47 Å². The maximum Gasteiger partial charge on any atom is 0.247 e. The molecule has 1 aromatic carbocycles. The maximum absolute atomic E-state index is 13.2. The van der Waals surface area contributed by atoms with Crippen molar-refractivity contribution in [1.82, 2.24) is 13.9 Å². The molecule has 2 aromatic rings. The summed E-state index contributed by atoms with van der Waals surface area (Å²) in [5, 5.41) is 0. The minimum absolute atomic E-state index is 0.0996. The highest BCUT2D eigenvalue weighted by Crippen LogP contribution is 2.32. The van der Waals surface area contributed by atoms with Crippen molar-refractivity contribution in [2.45, 2.75) is 31.3 Å². The van der Waals surface area contributed by atoms with Crippen molar-refractivity contribution in [3.63, 3.8) is 0 Å². The standard InChI is InChI=1S/C17H23N3O4S/c1-4-24-11-15-10-19(9-14-8-18-12-20(14)15)25(21,22)17-6-5-13(2)7-16(17)23-3/h5-8,12,15H,4,9-11H2,1-3H3/t15-/m0/s1. The molecule has 1 atom stereocenters. The number of fused-ring (bicyclic) bond motifs is 1. The van der Waals surface area contributed by atoms with Crippen molar-refractivity contribution in [1.29, 1.82) is 0 Å². The van der Waals surface area contributed by atoms with Gasteiger partial charge in [-0.1, -0.05) is 6.07 Å². The minimum atomic E-state index is -3.69. The molecule has 0 N–H and O–H groups in total. The average Bonchev–Trinajstić information content (AvgIpc) is 3.07. The lowest BCUT2D eigenvalue weighted by Gasteiger charge is -2.33. The van der Waals surface area contributed by atoms with Crippen molar-refractivity contribution >= 4 is 10.0 Å². The minimum Gasteiger partial charge on any atom is -0.495 e. The number of sulfonamides is 1. The van der Waals surface area contributed by atoms with E-state index < -0.39 is 10.0 Å². The third-order valence-electron chi connectivity index (χ3n) is 4.34. The number of hydrogen-bond donors (Lipinski definition) is 0. The molecule has 0 saturated heterocycles. The first-order valence-corrected chi connectivity index (χ1v) is 9.64. The van der Waals surface area contributed by atoms with Gasteiger partial charge in [0.15, 0.2) is 0 Å². The van der Waals surface area contributed by atoms with Crippen LogP contribution in [0.2, 0.25) is 0 Å². The third kappa shape index (κ3) is 3.42. The predicted octanol–water partition coefficient (Wildman–Crippen LogP) is 1.98. The lowest BCUT2D eigenvalue weighted by atomic mass is 10.2. The fraction of sp³-hybridized carbons (Fsp3) is 0.471. The van der Waals surface area contributed by atoms with Gasteiger partial charge in [0.2, 0.25) is 10.0 Å². The van der Waals surface area contributed by atoms with Crippen LogP contribution in [0.25, 0.3) is 0 Å². The molecule has 8 heteroatoms. The highest BCUT2D eigenvalue weighted by molar-refractivity contribution is 7.89. The normalized spacial score (nSPS) is 18.1. The van der Waals surface area contributed by atoms with E-state index in [-0.39, 0.29) is 17.5 Å². The fourth-order valence-electron chi connectivity index (χ4n) is 3.05. The first-order chi connectivity index (χ1) is 12.0. The number of benzene rings is 1. The lowest BCUT2D eigenvalue weighted by molar-refractivity contribution is 0.0953. The van der Waals surface area contributed by atoms with Crippen LogP contribution in [-0.4, -0.2) is 49.1 Å². The van der Waals surface area contributed by atoms with Gasteiger partial charge in [0.25, 0.3) is 0 Å². The van der Waals surface area contributed by atoms with Crippen LogP contribution in [-0.2, 0) is 21.3 Å². The summed E-state index contributed by atoms with van der Waals surface area (Å²) in [6.07, 6.45) is 3.43. The summed E-state index contributed by atoms with van der Waals surface area (Å²) in [5.74, 6) is 0.362. The molecule has 1 aliphatic heterocycles. The van der Waals surface area contributed by atoms with Crippen LogP contribution in [0.15, 0.2) is 35.6 Å². The maximum atomic E-state index is 13.2. The largest absolute Gasteiger partial charge is 0.495 e. The van der Waals surface area contributed by atoms with Crippen molar-refractivity contribution in [2.75, 3.05) is 26.9 Å². The Balaban J connectivity index is 1.96. The van der Waals surface area contributed by atoms with Crippen LogP contribution in [0, 0.1) is 6.92 Å². The van der Waals surface area contributed by atoms with Gasteiger partial charge in [-0.05, 0) is 31.5 Å². The molecule has 7 nitrogen and oxygen atoms in total. The number of hydrogen-bond acceptors (Lipinski definition) is 5. The molecule has 3 rings (SSSR count). The summed E-state index contributed by atoms with van der Waals surface area (Å²) in [6.45, 7) is 5.46. The van der Waals surface area contributed by atoms with E-state index in [1.165, 1.54) is 11.4 Å². The quantitative estimate of drug-likeness (QED) is 0.783. The number of rotatable bonds is 6. The lowest BCUT2D eigenvalue weighted by Crippen LogP contribution is -2.42. The van der Waals surface area contributed by atoms with Crippen LogP contribution < -0.4 is 4.74 Å². The zero-order valence-electron chi connectivity index (χ0n) is 14.7. The van der Waals surface area contributed by atoms with Crippen LogP contribution in [0.3, 0.4) is 0 Å². The van der Waals surface area contributed by atoms with Crippen molar-refractivity contribution < 1.29 is 17.9 Å². The number of methoxy groups -OCH3 is 1. The monoisotopic (exact) mass is 365 g/mol. The second kappa shape index (κ2) is 7.15. The topological polar surface area (TPSA) is 73.7 Å². The zero-order valence-corrected chi connectivity index (χ0v) is 15.5. The Labute approximate surface area is 148 Å². The fourth-order valence-corrected chi connectivity index (χ4v) is 4.63. The molecule has 0 radical (unpaired) electrons. The molecule has 25 heavy (non-hydrogen) atoms. The van der Waals surface area contributed by atoms with Gasteiger partial charge in [-0.2, -0.15) is 4.31 Å². The van der Waals surface area contributed by atoms with E-state index >= 15 is 0 Å². The molecule has 0 spiro atoms. The van der Waals surface area contributed by atoms with Crippen LogP contribution in [0.4, 0.5) is 0 Å². The summed E-state index contributed by atoms with van der Waals surface area (Å²) >= 11 is 0. The summed E-state index contributed by atoms with van der Waals surface area (Å²) in [6, 6.07) is 5.02. The molecule has 0 saturated carbocycles. The molecule has 1 aliphatic rings. The first-order valence-electron chi connectivity index (χ1n) is 8.20. The third-order valence-corrected chi connectivity index (χ3v) is 6.19. The van der Waals surface area contributed by atoms with Crippen LogP contribution >= 0.6 is 0 Å². The van der Waals surface area contributed by atoms with Gasteiger partial charge in [0.1, 0.15) is 10.6 Å². The molecule has 0 aliphatic carbocycles. The molecular formula is C17H23N3O4S. The second-order valence-corrected chi connectivity index (χ2v) is 7.96. The molecule has 136 valence electrons. The van der Waals surface area contributed by atoms with Crippen molar-refractivity contribution in [2.24, 2.45) is 0 Å². The van der Waals surface area contributed by atoms with Gasteiger partial charge >= 0.3 is 0 Å². The summed E-state index contributed by atoms with van der Waals surface area (Å²) in [5.41, 5.74) is 1.80. The van der Waals surface area contributed by atoms with Gasteiger partial charge in [-0.25, -0.2) is 13.4 Å². The average molecular weight is 365 g/mol. The Morgan fingerprint density at radius 1 is 1.36 bits per heavy atom. The van der Waals surface area contributed by atoms with E-state index in [0.29, 0.717) is 25.5 Å². The number of ether oxygens (including phenoxy) is 2. The Morgan fingerprint density at radius 3 is 2.88 bits per heavy atom. The zero-order chi connectivity index (χ0) is 18.0. The summed E-state index contributed by atoms with van der Waals surface area (Å²) in [4.78, 5) is 4.34. The SMILES string of the molecule is CCOC[C@@H]1CN(S(=O)(=O)c2ccc(C)cc2OC)Cc2cncn21. The second-order valence-electron chi connectivity index (χ2n) is 6.06. The Bertz CT molecular complexity index is 847. The molecule has 2 heterocycles. The molecule has 0 bridgehead atoms. The number of aromatic nitrogens is 2. The molecule has 0 amide bonds. The number of imidazole rings is 1.